The molecule has 0 aromatic heterocycles. The molecule has 0 spiro atoms. The Balaban J connectivity index is 1.99. The first-order valence-electron chi connectivity index (χ1n) is 9.87. The number of rotatable bonds is 9. The molecule has 0 saturated carbocycles. The third kappa shape index (κ3) is 4.53. The Hall–Kier alpha value is -3.16. The van der Waals surface area contributed by atoms with Gasteiger partial charge in [-0.3, -0.25) is 9.59 Å². The lowest BCUT2D eigenvalue weighted by Gasteiger charge is -2.25. The third-order valence-electron chi connectivity index (χ3n) is 5.06. The molecule has 1 heterocycles. The molecule has 158 valence electrons. The zero-order chi connectivity index (χ0) is 21.5. The molecule has 1 aliphatic rings. The second-order valence-electron chi connectivity index (χ2n) is 6.96. The molecular weight excluding hydrogens is 384 g/mol. The summed E-state index contributed by atoms with van der Waals surface area (Å²) in [5.41, 5.74) is 1.29. The maximum absolute atomic E-state index is 12.9. The van der Waals surface area contributed by atoms with Gasteiger partial charge in [-0.25, -0.2) is 0 Å². The van der Waals surface area contributed by atoms with E-state index in [-0.39, 0.29) is 17.9 Å². The zero-order valence-electron chi connectivity index (χ0n) is 16.9. The average Bonchev–Trinajstić information content (AvgIpc) is 3.04. The van der Waals surface area contributed by atoms with E-state index in [1.165, 1.54) is 4.90 Å². The molecule has 7 nitrogen and oxygen atoms in total. The number of Topliss-reactive ketones (excluding diaryl/α,β-unsaturated/α-hetero) is 1. The number of likely N-dealkylation sites (tertiary alicyclic amines) is 1. The van der Waals surface area contributed by atoms with Crippen molar-refractivity contribution in [2.75, 3.05) is 33.4 Å². The van der Waals surface area contributed by atoms with Crippen LogP contribution in [0.25, 0.3) is 5.76 Å². The second kappa shape index (κ2) is 10.0. The van der Waals surface area contributed by atoms with Crippen LogP contribution in [0.1, 0.15) is 23.6 Å². The van der Waals surface area contributed by atoms with Gasteiger partial charge in [-0.05, 0) is 30.7 Å². The van der Waals surface area contributed by atoms with Crippen LogP contribution in [0.15, 0.2) is 60.2 Å². The van der Waals surface area contributed by atoms with Crippen LogP contribution in [0.2, 0.25) is 0 Å². The van der Waals surface area contributed by atoms with Crippen molar-refractivity contribution < 1.29 is 24.5 Å². The molecule has 1 aliphatic heterocycles. The molecule has 1 fully saturated rings. The zero-order valence-corrected chi connectivity index (χ0v) is 16.9. The van der Waals surface area contributed by atoms with Gasteiger partial charge in [0.25, 0.3) is 11.7 Å². The normalized spacial score (nSPS) is 18.1. The summed E-state index contributed by atoms with van der Waals surface area (Å²) in [7, 11) is 1.57. The number of amides is 1. The third-order valence-corrected chi connectivity index (χ3v) is 5.06. The maximum atomic E-state index is 12.9. The van der Waals surface area contributed by atoms with Gasteiger partial charge in [0.05, 0.1) is 25.3 Å². The van der Waals surface area contributed by atoms with Crippen LogP contribution in [-0.2, 0) is 9.59 Å². The molecule has 0 bridgehead atoms. The molecule has 2 aromatic carbocycles. The number of ketones is 1. The summed E-state index contributed by atoms with van der Waals surface area (Å²) in [6.45, 7) is 1.44. The van der Waals surface area contributed by atoms with Gasteiger partial charge in [0.1, 0.15) is 11.5 Å². The van der Waals surface area contributed by atoms with Crippen LogP contribution < -0.4 is 10.1 Å². The van der Waals surface area contributed by atoms with Crippen molar-refractivity contribution in [2.45, 2.75) is 12.5 Å². The highest BCUT2D eigenvalue weighted by Crippen LogP contribution is 2.39. The number of hydrogen-bond acceptors (Lipinski definition) is 6. The lowest BCUT2D eigenvalue weighted by atomic mass is 9.95. The fourth-order valence-electron chi connectivity index (χ4n) is 3.57. The molecule has 30 heavy (non-hydrogen) atoms. The minimum Gasteiger partial charge on any atom is -0.507 e. The van der Waals surface area contributed by atoms with Crippen LogP contribution in [-0.4, -0.2) is 60.2 Å². The van der Waals surface area contributed by atoms with Crippen LogP contribution in [0.4, 0.5) is 0 Å². The summed E-state index contributed by atoms with van der Waals surface area (Å²) in [6.07, 6.45) is 0.602. The Labute approximate surface area is 175 Å². The number of carbonyl (C=O) groups is 2. The van der Waals surface area contributed by atoms with E-state index in [0.717, 1.165) is 5.56 Å². The molecule has 1 unspecified atom stereocenters. The van der Waals surface area contributed by atoms with Gasteiger partial charge in [-0.1, -0.05) is 42.5 Å². The summed E-state index contributed by atoms with van der Waals surface area (Å²) in [6, 6.07) is 15.2. The molecule has 2 aromatic rings. The van der Waals surface area contributed by atoms with E-state index in [0.29, 0.717) is 37.4 Å². The molecule has 3 N–H and O–H groups in total. The lowest BCUT2D eigenvalue weighted by Crippen LogP contribution is -2.32. The fraction of sp³-hybridized carbons (Fsp3) is 0.304. The van der Waals surface area contributed by atoms with Crippen molar-refractivity contribution in [3.63, 3.8) is 0 Å². The van der Waals surface area contributed by atoms with Crippen molar-refractivity contribution in [3.8, 4) is 5.75 Å². The van der Waals surface area contributed by atoms with Gasteiger partial charge in [0.2, 0.25) is 0 Å². The minimum atomic E-state index is -0.694. The lowest BCUT2D eigenvalue weighted by molar-refractivity contribution is -0.139. The quantitative estimate of drug-likeness (QED) is 0.253. The van der Waals surface area contributed by atoms with Crippen molar-refractivity contribution in [3.05, 3.63) is 71.3 Å². The Morgan fingerprint density at radius 3 is 2.40 bits per heavy atom. The molecule has 3 rings (SSSR count). The molecule has 1 saturated heterocycles. The molecule has 0 aliphatic carbocycles. The first kappa shape index (κ1) is 21.5. The Morgan fingerprint density at radius 1 is 1.07 bits per heavy atom. The average molecular weight is 410 g/mol. The molecule has 1 atom stereocenters. The summed E-state index contributed by atoms with van der Waals surface area (Å²) in [5.74, 6) is -0.849. The van der Waals surface area contributed by atoms with Gasteiger partial charge in [-0.15, -0.1) is 0 Å². The predicted molar refractivity (Wildman–Crippen MR) is 113 cm³/mol. The molecule has 0 radical (unpaired) electrons. The number of aliphatic hydroxyl groups is 2. The van der Waals surface area contributed by atoms with E-state index in [9.17, 15) is 14.7 Å². The van der Waals surface area contributed by atoms with Gasteiger partial charge >= 0.3 is 0 Å². The molecule has 7 heteroatoms. The number of ether oxygens (including phenoxy) is 1. The highest BCUT2D eigenvalue weighted by atomic mass is 16.5. The van der Waals surface area contributed by atoms with Crippen LogP contribution in [0, 0.1) is 0 Å². The van der Waals surface area contributed by atoms with E-state index < -0.39 is 17.7 Å². The number of methoxy groups -OCH3 is 1. The first-order chi connectivity index (χ1) is 14.6. The van der Waals surface area contributed by atoms with Crippen LogP contribution in [0.5, 0.6) is 5.75 Å². The van der Waals surface area contributed by atoms with Crippen molar-refractivity contribution in [1.29, 1.82) is 0 Å². The number of nitrogens with zero attached hydrogens (tertiary/aromatic N) is 1. The summed E-state index contributed by atoms with van der Waals surface area (Å²) < 4.78 is 5.21. The summed E-state index contributed by atoms with van der Waals surface area (Å²) in [5, 5.41) is 22.9. The maximum Gasteiger partial charge on any atom is 0.295 e. The number of benzene rings is 2. The predicted octanol–water partition coefficient (Wildman–Crippen LogP) is 2.09. The van der Waals surface area contributed by atoms with E-state index in [4.69, 9.17) is 9.84 Å². The Bertz CT molecular complexity index is 909. The standard InChI is InChI=1S/C23H26N2O5/c1-30-18-10-8-16(9-11-18)20-19(21(27)17-6-3-2-4-7-17)22(28)23(29)25(20)14-5-12-24-13-15-26/h2-4,6-11,20,24,26-27H,5,12-15H2,1H3/b21-19-. The molecular formula is C23H26N2O5. The Morgan fingerprint density at radius 2 is 1.77 bits per heavy atom. The highest BCUT2D eigenvalue weighted by Gasteiger charge is 2.45. The summed E-state index contributed by atoms with van der Waals surface area (Å²) >= 11 is 0. The topological polar surface area (TPSA) is 99.1 Å². The minimum absolute atomic E-state index is 0.0352. The smallest absolute Gasteiger partial charge is 0.295 e. The monoisotopic (exact) mass is 410 g/mol. The number of carbonyl (C=O) groups excluding carboxylic acids is 2. The van der Waals surface area contributed by atoms with Gasteiger partial charge in [0, 0.05) is 18.7 Å². The Kier molecular flexibility index (Phi) is 7.21. The van der Waals surface area contributed by atoms with Crippen molar-refractivity contribution >= 4 is 17.4 Å². The fourth-order valence-corrected chi connectivity index (χ4v) is 3.57. The summed E-state index contributed by atoms with van der Waals surface area (Å²) in [4.78, 5) is 27.2. The van der Waals surface area contributed by atoms with Crippen LogP contribution in [0.3, 0.4) is 0 Å². The highest BCUT2D eigenvalue weighted by molar-refractivity contribution is 6.46. The first-order valence-corrected chi connectivity index (χ1v) is 9.87. The van der Waals surface area contributed by atoms with Crippen LogP contribution >= 0.6 is 0 Å². The van der Waals surface area contributed by atoms with E-state index in [2.05, 4.69) is 5.32 Å². The van der Waals surface area contributed by atoms with Crippen molar-refractivity contribution in [2.24, 2.45) is 0 Å². The van der Waals surface area contributed by atoms with Gasteiger partial charge in [0.15, 0.2) is 0 Å². The number of aliphatic hydroxyl groups excluding tert-OH is 2. The van der Waals surface area contributed by atoms with E-state index in [1.807, 2.05) is 6.07 Å². The number of hydrogen-bond donors (Lipinski definition) is 3. The SMILES string of the molecule is COc1ccc(C2/C(=C(/O)c3ccccc3)C(=O)C(=O)N2CCCNCCO)cc1. The number of nitrogens with one attached hydrogen (secondary N) is 1. The van der Waals surface area contributed by atoms with Gasteiger partial charge < -0.3 is 25.2 Å². The largest absolute Gasteiger partial charge is 0.507 e. The van der Waals surface area contributed by atoms with Gasteiger partial charge in [-0.2, -0.15) is 0 Å². The molecule has 1 amide bonds. The van der Waals surface area contributed by atoms with Crippen molar-refractivity contribution in [1.82, 2.24) is 10.2 Å². The second-order valence-corrected chi connectivity index (χ2v) is 6.96. The van der Waals surface area contributed by atoms with E-state index in [1.54, 1.807) is 55.6 Å². The van der Waals surface area contributed by atoms with E-state index >= 15 is 0 Å².